The largest absolute Gasteiger partial charge is 0.489 e. The van der Waals surface area contributed by atoms with Gasteiger partial charge in [-0.3, -0.25) is 9.59 Å². The SMILES string of the molecule is CC(C)Oc1ccc(C(=O)N2CCN(C(=O)C(C)(C)C)CC2)cc1Cl. The molecule has 0 atom stereocenters. The summed E-state index contributed by atoms with van der Waals surface area (Å²) in [5.41, 5.74) is 0.142. The highest BCUT2D eigenvalue weighted by molar-refractivity contribution is 6.32. The number of hydrogen-bond donors (Lipinski definition) is 0. The highest BCUT2D eigenvalue weighted by Gasteiger charge is 2.31. The Hall–Kier alpha value is -1.75. The fraction of sp³-hybridized carbons (Fsp3) is 0.579. The molecule has 0 unspecified atom stereocenters. The lowest BCUT2D eigenvalue weighted by Crippen LogP contribution is -2.53. The van der Waals surface area contributed by atoms with Gasteiger partial charge >= 0.3 is 0 Å². The molecule has 2 rings (SSSR count). The van der Waals surface area contributed by atoms with Crippen molar-refractivity contribution in [2.75, 3.05) is 26.2 Å². The average Bonchev–Trinajstić information content (AvgIpc) is 2.54. The van der Waals surface area contributed by atoms with Crippen LogP contribution in [0.25, 0.3) is 0 Å². The number of carbonyl (C=O) groups excluding carboxylic acids is 2. The first-order chi connectivity index (χ1) is 11.6. The van der Waals surface area contributed by atoms with Crippen molar-refractivity contribution in [3.8, 4) is 5.75 Å². The predicted octanol–water partition coefficient (Wildman–Crippen LogP) is 3.46. The van der Waals surface area contributed by atoms with Crippen molar-refractivity contribution in [2.45, 2.75) is 40.7 Å². The van der Waals surface area contributed by atoms with E-state index in [1.165, 1.54) is 0 Å². The summed E-state index contributed by atoms with van der Waals surface area (Å²) < 4.78 is 5.60. The van der Waals surface area contributed by atoms with Crippen molar-refractivity contribution >= 4 is 23.4 Å². The Morgan fingerprint density at radius 1 is 1.08 bits per heavy atom. The maximum Gasteiger partial charge on any atom is 0.254 e. The Bertz CT molecular complexity index is 645. The van der Waals surface area contributed by atoms with Crippen LogP contribution in [0.4, 0.5) is 0 Å². The summed E-state index contributed by atoms with van der Waals surface area (Å²) in [5.74, 6) is 0.632. The molecule has 1 fully saturated rings. The van der Waals surface area contributed by atoms with Gasteiger partial charge in [0.2, 0.25) is 5.91 Å². The smallest absolute Gasteiger partial charge is 0.254 e. The van der Waals surface area contributed by atoms with Gasteiger partial charge in [0.15, 0.2) is 0 Å². The Morgan fingerprint density at radius 3 is 2.12 bits per heavy atom. The number of carbonyl (C=O) groups is 2. The summed E-state index contributed by atoms with van der Waals surface area (Å²) in [7, 11) is 0. The van der Waals surface area contributed by atoms with Gasteiger partial charge in [0.25, 0.3) is 5.91 Å². The van der Waals surface area contributed by atoms with Crippen molar-refractivity contribution in [1.82, 2.24) is 9.80 Å². The molecular formula is C19H27ClN2O3. The van der Waals surface area contributed by atoms with Crippen LogP contribution in [0.3, 0.4) is 0 Å². The molecule has 1 saturated heterocycles. The van der Waals surface area contributed by atoms with Crippen LogP contribution in [-0.2, 0) is 4.79 Å². The number of rotatable bonds is 3. The minimum Gasteiger partial charge on any atom is -0.489 e. The molecule has 0 radical (unpaired) electrons. The summed E-state index contributed by atoms with van der Waals surface area (Å²) in [4.78, 5) is 28.6. The average molecular weight is 367 g/mol. The van der Waals surface area contributed by atoms with Crippen LogP contribution in [0.5, 0.6) is 5.75 Å². The van der Waals surface area contributed by atoms with Gasteiger partial charge in [-0.15, -0.1) is 0 Å². The number of piperazine rings is 1. The van der Waals surface area contributed by atoms with E-state index in [9.17, 15) is 9.59 Å². The maximum atomic E-state index is 12.7. The van der Waals surface area contributed by atoms with E-state index in [0.717, 1.165) is 0 Å². The van der Waals surface area contributed by atoms with Crippen LogP contribution in [-0.4, -0.2) is 53.9 Å². The molecule has 0 N–H and O–H groups in total. The lowest BCUT2D eigenvalue weighted by atomic mass is 9.94. The van der Waals surface area contributed by atoms with E-state index in [-0.39, 0.29) is 17.9 Å². The molecule has 1 aliphatic heterocycles. The molecule has 0 aromatic heterocycles. The quantitative estimate of drug-likeness (QED) is 0.823. The molecule has 0 spiro atoms. The van der Waals surface area contributed by atoms with E-state index in [1.807, 2.05) is 39.5 Å². The summed E-state index contributed by atoms with van der Waals surface area (Å²) in [6, 6.07) is 5.11. The lowest BCUT2D eigenvalue weighted by molar-refractivity contribution is -0.140. The number of nitrogens with zero attached hydrogens (tertiary/aromatic N) is 2. The zero-order valence-electron chi connectivity index (χ0n) is 15.6. The van der Waals surface area contributed by atoms with Crippen LogP contribution in [0, 0.1) is 5.41 Å². The predicted molar refractivity (Wildman–Crippen MR) is 99.2 cm³/mol. The highest BCUT2D eigenvalue weighted by atomic mass is 35.5. The van der Waals surface area contributed by atoms with Gasteiger partial charge < -0.3 is 14.5 Å². The second kappa shape index (κ2) is 7.65. The zero-order valence-corrected chi connectivity index (χ0v) is 16.4. The Labute approximate surface area is 154 Å². The number of benzene rings is 1. The van der Waals surface area contributed by atoms with E-state index in [2.05, 4.69) is 0 Å². The zero-order chi connectivity index (χ0) is 18.8. The van der Waals surface area contributed by atoms with Gasteiger partial charge in [-0.1, -0.05) is 32.4 Å². The summed E-state index contributed by atoms with van der Waals surface area (Å²) >= 11 is 6.22. The second-order valence-corrected chi connectivity index (χ2v) is 8.05. The van der Waals surface area contributed by atoms with E-state index in [4.69, 9.17) is 16.3 Å². The molecule has 0 bridgehead atoms. The van der Waals surface area contributed by atoms with Crippen molar-refractivity contribution in [2.24, 2.45) is 5.41 Å². The highest BCUT2D eigenvalue weighted by Crippen LogP contribution is 2.27. The van der Waals surface area contributed by atoms with Crippen LogP contribution >= 0.6 is 11.6 Å². The second-order valence-electron chi connectivity index (χ2n) is 7.65. The first-order valence-corrected chi connectivity index (χ1v) is 9.02. The first kappa shape index (κ1) is 19.6. The number of hydrogen-bond acceptors (Lipinski definition) is 3. The van der Waals surface area contributed by atoms with Crippen molar-refractivity contribution in [3.05, 3.63) is 28.8 Å². The van der Waals surface area contributed by atoms with E-state index in [1.54, 1.807) is 23.1 Å². The van der Waals surface area contributed by atoms with E-state index >= 15 is 0 Å². The third kappa shape index (κ3) is 4.88. The van der Waals surface area contributed by atoms with E-state index < -0.39 is 5.41 Å². The topological polar surface area (TPSA) is 49.9 Å². The fourth-order valence-electron chi connectivity index (χ4n) is 2.75. The van der Waals surface area contributed by atoms with Crippen molar-refractivity contribution in [1.29, 1.82) is 0 Å². The van der Waals surface area contributed by atoms with Crippen LogP contribution in [0.1, 0.15) is 45.0 Å². The normalized spacial score (nSPS) is 15.5. The molecule has 1 aromatic rings. The molecule has 1 aromatic carbocycles. The molecule has 0 aliphatic carbocycles. The molecule has 5 nitrogen and oxygen atoms in total. The van der Waals surface area contributed by atoms with Crippen molar-refractivity contribution in [3.63, 3.8) is 0 Å². The monoisotopic (exact) mass is 366 g/mol. The Balaban J connectivity index is 2.01. The molecule has 0 saturated carbocycles. The van der Waals surface area contributed by atoms with Gasteiger partial charge in [0.1, 0.15) is 5.75 Å². The van der Waals surface area contributed by atoms with Crippen LogP contribution in [0.15, 0.2) is 18.2 Å². The third-order valence-corrected chi connectivity index (χ3v) is 4.33. The summed E-state index contributed by atoms with van der Waals surface area (Å²) in [6.07, 6.45) is 0.0208. The molecule has 1 heterocycles. The van der Waals surface area contributed by atoms with Gasteiger partial charge in [0.05, 0.1) is 11.1 Å². The molecule has 25 heavy (non-hydrogen) atoms. The molecular weight excluding hydrogens is 340 g/mol. The molecule has 1 aliphatic rings. The summed E-state index contributed by atoms with van der Waals surface area (Å²) in [6.45, 7) is 11.8. The summed E-state index contributed by atoms with van der Waals surface area (Å²) in [5, 5.41) is 0.432. The standard InChI is InChI=1S/C19H27ClN2O3/c1-13(2)25-16-7-6-14(12-15(16)20)17(23)21-8-10-22(11-9-21)18(24)19(3,4)5/h6-7,12-13H,8-11H2,1-5H3. The molecule has 2 amide bonds. The van der Waals surface area contributed by atoms with Crippen LogP contribution < -0.4 is 4.74 Å². The first-order valence-electron chi connectivity index (χ1n) is 8.64. The number of halogens is 1. The van der Waals surface area contributed by atoms with Crippen LogP contribution in [0.2, 0.25) is 5.02 Å². The van der Waals surface area contributed by atoms with Gasteiger partial charge in [0, 0.05) is 37.2 Å². The number of amides is 2. The van der Waals surface area contributed by atoms with E-state index in [0.29, 0.717) is 42.5 Å². The Morgan fingerprint density at radius 2 is 1.64 bits per heavy atom. The van der Waals surface area contributed by atoms with Crippen molar-refractivity contribution < 1.29 is 14.3 Å². The third-order valence-electron chi connectivity index (χ3n) is 4.04. The van der Waals surface area contributed by atoms with Gasteiger partial charge in [-0.25, -0.2) is 0 Å². The van der Waals surface area contributed by atoms with Gasteiger partial charge in [-0.2, -0.15) is 0 Å². The fourth-order valence-corrected chi connectivity index (χ4v) is 2.98. The molecule has 138 valence electrons. The molecule has 6 heteroatoms. The maximum absolute atomic E-state index is 12.7. The minimum absolute atomic E-state index is 0.0208. The minimum atomic E-state index is -0.397. The van der Waals surface area contributed by atoms with Gasteiger partial charge in [-0.05, 0) is 32.0 Å². The Kier molecular flexibility index (Phi) is 5.99. The lowest BCUT2D eigenvalue weighted by Gasteiger charge is -2.37. The number of ether oxygens (including phenoxy) is 1.